The van der Waals surface area contributed by atoms with Gasteiger partial charge in [-0.25, -0.2) is 4.79 Å². The van der Waals surface area contributed by atoms with Gasteiger partial charge in [-0.05, 0) is 63.3 Å². The van der Waals surface area contributed by atoms with Crippen molar-refractivity contribution in [2.75, 3.05) is 31.9 Å². The van der Waals surface area contributed by atoms with Crippen molar-refractivity contribution in [3.63, 3.8) is 0 Å². The third kappa shape index (κ3) is 5.13. The summed E-state index contributed by atoms with van der Waals surface area (Å²) in [6.45, 7) is -5.58. The first kappa shape index (κ1) is 18.3. The summed E-state index contributed by atoms with van der Waals surface area (Å²) < 4.78 is 56.4. The van der Waals surface area contributed by atoms with Crippen LogP contribution in [0.2, 0.25) is 5.02 Å². The van der Waals surface area contributed by atoms with Crippen LogP contribution in [0, 0.1) is 0 Å². The highest BCUT2D eigenvalue weighted by Gasteiger charge is 2.48. The van der Waals surface area contributed by atoms with Gasteiger partial charge in [0.15, 0.2) is 6.10 Å². The Kier molecular flexibility index (Phi) is 5.52. The monoisotopic (exact) mass is 516 g/mol. The summed E-state index contributed by atoms with van der Waals surface area (Å²) in [7, 11) is 0. The highest BCUT2D eigenvalue weighted by Crippen LogP contribution is 2.50. The molecule has 0 aliphatic carbocycles. The maximum Gasteiger partial charge on any atom is 0.335 e. The predicted molar refractivity (Wildman–Crippen MR) is 127 cm³/mol. The normalized spacial score (nSPS) is 29.6. The summed E-state index contributed by atoms with van der Waals surface area (Å²) in [5, 5.41) is 40.0. The molecule has 2 aliphatic heterocycles. The number of rotatable bonds is 7. The molecule has 2 heterocycles. The zero-order chi connectivity index (χ0) is 29.6. The molecular weight excluding hydrogens is 484 g/mol. The maximum absolute atomic E-state index is 11.4. The molecular formula is C23H27ClN2O7S. The topological polar surface area (TPSA) is 123 Å². The second-order valence-corrected chi connectivity index (χ2v) is 9.37. The number of aliphatic carboxylic acids is 1. The van der Waals surface area contributed by atoms with Crippen molar-refractivity contribution in [1.29, 1.82) is 0 Å². The van der Waals surface area contributed by atoms with Gasteiger partial charge in [-0.15, -0.1) is 0 Å². The van der Waals surface area contributed by atoms with Crippen molar-refractivity contribution in [2.45, 2.75) is 46.9 Å². The van der Waals surface area contributed by atoms with E-state index in [0.29, 0.717) is 20.5 Å². The van der Waals surface area contributed by atoms with Gasteiger partial charge in [-0.1, -0.05) is 23.4 Å². The zero-order valence-electron chi connectivity index (χ0n) is 23.7. The maximum atomic E-state index is 11.4. The Morgan fingerprint density at radius 2 is 1.94 bits per heavy atom. The van der Waals surface area contributed by atoms with E-state index >= 15 is 0 Å². The molecule has 2 aromatic carbocycles. The van der Waals surface area contributed by atoms with Gasteiger partial charge < -0.3 is 39.7 Å². The predicted octanol–water partition coefficient (Wildman–Crippen LogP) is 2.17. The Labute approximate surface area is 214 Å². The largest absolute Gasteiger partial charge is 0.479 e. The fourth-order valence-electron chi connectivity index (χ4n) is 3.82. The molecule has 0 saturated carbocycles. The van der Waals surface area contributed by atoms with Gasteiger partial charge in [0.1, 0.15) is 24.1 Å². The van der Waals surface area contributed by atoms with Crippen LogP contribution in [-0.2, 0) is 9.53 Å². The summed E-state index contributed by atoms with van der Waals surface area (Å²) in [5.41, 5.74) is 1.42. The Morgan fingerprint density at radius 1 is 1.15 bits per heavy atom. The van der Waals surface area contributed by atoms with Gasteiger partial charge in [0, 0.05) is 29.6 Å². The number of carboxylic acids is 1. The molecule has 0 spiro atoms. The quantitative estimate of drug-likeness (QED) is 0.435. The minimum absolute atomic E-state index is 0.177. The highest BCUT2D eigenvalue weighted by atomic mass is 35.5. The smallest absolute Gasteiger partial charge is 0.335 e. The number of aliphatic hydroxyl groups is 3. The first-order valence-electron chi connectivity index (χ1n) is 13.3. The number of carbonyl (C=O) groups is 1. The van der Waals surface area contributed by atoms with E-state index in [1.807, 2.05) is 4.90 Å². The highest BCUT2D eigenvalue weighted by molar-refractivity contribution is 7.99. The van der Waals surface area contributed by atoms with Gasteiger partial charge in [0.05, 0.1) is 11.4 Å². The molecule has 1 saturated heterocycles. The van der Waals surface area contributed by atoms with Gasteiger partial charge in [0.2, 0.25) is 6.29 Å². The molecule has 4 N–H and O–H groups in total. The molecule has 0 radical (unpaired) electrons. The van der Waals surface area contributed by atoms with E-state index in [1.54, 1.807) is 30.3 Å². The Morgan fingerprint density at radius 3 is 2.68 bits per heavy atom. The lowest BCUT2D eigenvalue weighted by molar-refractivity contribution is -0.271. The first-order chi connectivity index (χ1) is 18.6. The second-order valence-electron chi connectivity index (χ2n) is 7.85. The molecule has 0 aromatic heterocycles. The first-order valence-corrected chi connectivity index (χ1v) is 11.5. The third-order valence-electron chi connectivity index (χ3n) is 5.48. The Hall–Kier alpha value is -2.05. The molecule has 2 aliphatic rings. The summed E-state index contributed by atoms with van der Waals surface area (Å²) in [4.78, 5) is 15.3. The lowest BCUT2D eigenvalue weighted by Gasteiger charge is -2.38. The van der Waals surface area contributed by atoms with E-state index < -0.39 is 50.6 Å². The molecule has 184 valence electrons. The second kappa shape index (κ2) is 10.3. The molecule has 9 nitrogen and oxygen atoms in total. The zero-order valence-corrected chi connectivity index (χ0v) is 19.2. The van der Waals surface area contributed by atoms with E-state index in [4.69, 9.17) is 29.3 Å². The number of ether oxygens (including phenoxy) is 2. The number of hydrogen-bond acceptors (Lipinski definition) is 9. The molecule has 4 rings (SSSR count). The molecule has 11 heteroatoms. The number of nitrogens with zero attached hydrogens (tertiary/aromatic N) is 2. The minimum atomic E-state index is -2.80. The van der Waals surface area contributed by atoms with Gasteiger partial charge >= 0.3 is 5.97 Å². The van der Waals surface area contributed by atoms with Crippen LogP contribution in [0.25, 0.3) is 0 Å². The molecule has 34 heavy (non-hydrogen) atoms. The summed E-state index contributed by atoms with van der Waals surface area (Å²) in [5.74, 6) is -1.36. The lowest BCUT2D eigenvalue weighted by Crippen LogP contribution is -2.61. The van der Waals surface area contributed by atoms with Crippen LogP contribution in [0.5, 0.6) is 5.75 Å². The van der Waals surface area contributed by atoms with Crippen LogP contribution in [0.3, 0.4) is 0 Å². The van der Waals surface area contributed by atoms with Crippen LogP contribution in [0.1, 0.15) is 14.6 Å². The Bertz CT molecular complexity index is 1240. The van der Waals surface area contributed by atoms with Crippen LogP contribution < -0.4 is 9.64 Å². The summed E-state index contributed by atoms with van der Waals surface area (Å²) in [6, 6.07) is 10.1. The van der Waals surface area contributed by atoms with E-state index in [1.165, 1.54) is 17.8 Å². The molecule has 0 bridgehead atoms. The van der Waals surface area contributed by atoms with Crippen molar-refractivity contribution in [3.05, 3.63) is 41.4 Å². The Balaban J connectivity index is 1.58. The van der Waals surface area contributed by atoms with E-state index in [9.17, 15) is 25.2 Å². The minimum Gasteiger partial charge on any atom is -0.479 e. The van der Waals surface area contributed by atoms with Crippen molar-refractivity contribution >= 4 is 40.7 Å². The lowest BCUT2D eigenvalue weighted by atomic mass is 9.99. The van der Waals surface area contributed by atoms with Crippen LogP contribution in [-0.4, -0.2) is 89.0 Å². The van der Waals surface area contributed by atoms with Gasteiger partial charge in [0.25, 0.3) is 0 Å². The van der Waals surface area contributed by atoms with E-state index in [-0.39, 0.29) is 25.3 Å². The number of anilines is 2. The standard InChI is InChI=1S/C23H27ClN2O7S/c1-25(2)8-3-9-26-14-6-5-13(11-17(14)34-16-7-4-12(24)10-15(16)26)32-23-20(29)18(27)19(28)21(33-23)22(30)31/h4-7,10-11,18-21,23,27-29H,3,8-9H2,1-2H3,(H,30,31)/t18-,19-,20+,21-,23+/m0/s1/i1D3,2D3. The van der Waals surface area contributed by atoms with E-state index in [0.717, 1.165) is 10.6 Å². The number of carboxylic acid groups (broad SMARTS) is 1. The van der Waals surface area contributed by atoms with Crippen molar-refractivity contribution in [1.82, 2.24) is 4.90 Å². The summed E-state index contributed by atoms with van der Waals surface area (Å²) >= 11 is 7.62. The van der Waals surface area contributed by atoms with Crippen molar-refractivity contribution in [2.24, 2.45) is 0 Å². The van der Waals surface area contributed by atoms with Crippen molar-refractivity contribution in [3.8, 4) is 5.75 Å². The number of halogens is 1. The SMILES string of the molecule is [2H]C([2H])([2H])N(CCCN1c2ccc(O[C@@H]3O[C@H](C(=O)O)[C@@H](O)[C@H](O)[C@H]3O)cc2Sc2ccc(Cl)cc21)C([2H])([2H])[2H]. The fourth-order valence-corrected chi connectivity index (χ4v) is 5.09. The number of benzene rings is 2. The third-order valence-corrected chi connectivity index (χ3v) is 6.83. The molecule has 0 amide bonds. The molecule has 1 fully saturated rings. The summed E-state index contributed by atoms with van der Waals surface area (Å²) in [6.07, 6.45) is -8.61. The fraction of sp³-hybridized carbons (Fsp3) is 0.435. The number of hydrogen-bond donors (Lipinski definition) is 4. The number of fused-ring (bicyclic) bond motifs is 2. The van der Waals surface area contributed by atoms with Gasteiger partial charge in [-0.2, -0.15) is 0 Å². The average Bonchev–Trinajstić information content (AvgIpc) is 2.84. The van der Waals surface area contributed by atoms with Crippen LogP contribution >= 0.6 is 23.4 Å². The van der Waals surface area contributed by atoms with Crippen molar-refractivity contribution < 1.29 is 42.9 Å². The molecule has 0 unspecified atom stereocenters. The number of aliphatic hydroxyl groups excluding tert-OH is 3. The average molecular weight is 517 g/mol. The van der Waals surface area contributed by atoms with Crippen LogP contribution in [0.4, 0.5) is 11.4 Å². The molecule has 2 aromatic rings. The van der Waals surface area contributed by atoms with Gasteiger partial charge in [-0.3, -0.25) is 0 Å². The molecule has 5 atom stereocenters. The van der Waals surface area contributed by atoms with E-state index in [2.05, 4.69) is 0 Å². The van der Waals surface area contributed by atoms with Crippen LogP contribution in [0.15, 0.2) is 46.2 Å².